The summed E-state index contributed by atoms with van der Waals surface area (Å²) in [6.07, 6.45) is 5.10. The molecular formula is C27H34N6O7S. The summed E-state index contributed by atoms with van der Waals surface area (Å²) >= 11 is 0. The number of rotatable bonds is 13. The first kappa shape index (κ1) is 29.7. The van der Waals surface area contributed by atoms with Crippen molar-refractivity contribution in [3.63, 3.8) is 0 Å². The Kier molecular flexibility index (Phi) is 9.37. The molecule has 0 atom stereocenters. The number of H-pyrrole nitrogens is 1. The molecule has 2 heterocycles. The molecule has 220 valence electrons. The molecule has 1 aliphatic rings. The number of aromatic amines is 1. The lowest BCUT2D eigenvalue weighted by atomic mass is 10.1. The van der Waals surface area contributed by atoms with Gasteiger partial charge in [-0.05, 0) is 35.4 Å². The highest BCUT2D eigenvalue weighted by Gasteiger charge is 2.27. The van der Waals surface area contributed by atoms with Gasteiger partial charge < -0.3 is 29.3 Å². The summed E-state index contributed by atoms with van der Waals surface area (Å²) in [6, 6.07) is 8.43. The Morgan fingerprint density at radius 1 is 1.10 bits per heavy atom. The van der Waals surface area contributed by atoms with Gasteiger partial charge in [0, 0.05) is 39.5 Å². The molecule has 0 unspecified atom stereocenters. The standard InChI is InChI=1S/C27H34N6O7S/c1-32-15-19(14-28-24(34)10-7-11-37-2)17-33(32)16-18-12-20-25(23(13-18)40-5)27(30-29-20)31-41(35,36)26-21(38-3)8-6-9-22(26)39-4/h6-10,12-13,17H,11,14-16H2,1-5H3,(H,28,34)(H2,29,30,31)/b10-7+. The summed E-state index contributed by atoms with van der Waals surface area (Å²) < 4.78 is 50.5. The first-order valence-electron chi connectivity index (χ1n) is 12.6. The second kappa shape index (κ2) is 12.9. The highest BCUT2D eigenvalue weighted by atomic mass is 32.2. The minimum Gasteiger partial charge on any atom is -0.496 e. The van der Waals surface area contributed by atoms with E-state index in [-0.39, 0.29) is 28.1 Å². The van der Waals surface area contributed by atoms with Crippen molar-refractivity contribution < 1.29 is 32.2 Å². The average Bonchev–Trinajstić information content (AvgIpc) is 3.52. The van der Waals surface area contributed by atoms with Crippen LogP contribution in [-0.2, 0) is 26.1 Å². The maximum atomic E-state index is 13.4. The van der Waals surface area contributed by atoms with Crippen molar-refractivity contribution in [2.45, 2.75) is 11.4 Å². The molecule has 3 N–H and O–H groups in total. The number of carbonyl (C=O) groups excluding carboxylic acids is 1. The molecule has 0 radical (unpaired) electrons. The minimum atomic E-state index is -4.15. The van der Waals surface area contributed by atoms with Crippen molar-refractivity contribution in [2.24, 2.45) is 0 Å². The molecule has 0 aliphatic carbocycles. The third-order valence-electron chi connectivity index (χ3n) is 6.36. The predicted molar refractivity (Wildman–Crippen MR) is 153 cm³/mol. The van der Waals surface area contributed by atoms with Gasteiger partial charge in [-0.3, -0.25) is 14.6 Å². The fourth-order valence-corrected chi connectivity index (χ4v) is 5.80. The monoisotopic (exact) mass is 586 g/mol. The van der Waals surface area contributed by atoms with Gasteiger partial charge in [0.1, 0.15) is 17.2 Å². The SMILES string of the molecule is COC/C=C/C(=O)NCC1=CN(Cc2cc(OC)c3c(NS(=O)(=O)c4c(OC)cccc4OC)n[nH]c3c2)N(C)C1. The van der Waals surface area contributed by atoms with Crippen LogP contribution in [0.4, 0.5) is 5.82 Å². The molecule has 0 fully saturated rings. The molecule has 13 nitrogen and oxygen atoms in total. The fraction of sp³-hybridized carbons (Fsp3) is 0.333. The van der Waals surface area contributed by atoms with Crippen molar-refractivity contribution in [3.05, 3.63) is 59.8 Å². The Labute approximate surface area is 238 Å². The Balaban J connectivity index is 1.54. The third-order valence-corrected chi connectivity index (χ3v) is 7.76. The second-order valence-corrected chi connectivity index (χ2v) is 10.8. The topological polar surface area (TPSA) is 147 Å². The van der Waals surface area contributed by atoms with Gasteiger partial charge in [-0.15, -0.1) is 0 Å². The van der Waals surface area contributed by atoms with Gasteiger partial charge in [-0.25, -0.2) is 13.4 Å². The van der Waals surface area contributed by atoms with Gasteiger partial charge >= 0.3 is 0 Å². The van der Waals surface area contributed by atoms with Crippen LogP contribution < -0.4 is 24.2 Å². The number of hydrogen-bond donors (Lipinski definition) is 3. The number of anilines is 1. The molecule has 1 amide bonds. The van der Waals surface area contributed by atoms with Crippen molar-refractivity contribution in [1.29, 1.82) is 0 Å². The summed E-state index contributed by atoms with van der Waals surface area (Å²) in [5.41, 5.74) is 2.53. The van der Waals surface area contributed by atoms with E-state index in [9.17, 15) is 13.2 Å². The van der Waals surface area contributed by atoms with Gasteiger partial charge in [0.2, 0.25) is 5.91 Å². The largest absolute Gasteiger partial charge is 0.496 e. The highest BCUT2D eigenvalue weighted by molar-refractivity contribution is 7.93. The molecule has 41 heavy (non-hydrogen) atoms. The smallest absolute Gasteiger partial charge is 0.270 e. The number of fused-ring (bicyclic) bond motifs is 1. The zero-order valence-corrected chi connectivity index (χ0v) is 24.4. The van der Waals surface area contributed by atoms with E-state index < -0.39 is 10.0 Å². The molecule has 3 aromatic rings. The van der Waals surface area contributed by atoms with Gasteiger partial charge in [0.05, 0.1) is 45.4 Å². The van der Waals surface area contributed by atoms with Crippen LogP contribution in [0.1, 0.15) is 5.56 Å². The molecule has 14 heteroatoms. The lowest BCUT2D eigenvalue weighted by Gasteiger charge is -2.25. The third kappa shape index (κ3) is 6.73. The van der Waals surface area contributed by atoms with Crippen LogP contribution in [0.5, 0.6) is 17.2 Å². The first-order chi connectivity index (χ1) is 19.7. The Bertz CT molecular complexity index is 1550. The van der Waals surface area contributed by atoms with Gasteiger partial charge in [-0.1, -0.05) is 12.1 Å². The van der Waals surface area contributed by atoms with Crippen LogP contribution in [0.3, 0.4) is 0 Å². The van der Waals surface area contributed by atoms with Gasteiger partial charge in [0.25, 0.3) is 10.0 Å². The second-order valence-electron chi connectivity index (χ2n) is 9.17. The van der Waals surface area contributed by atoms with E-state index >= 15 is 0 Å². The Morgan fingerprint density at radius 2 is 1.80 bits per heavy atom. The maximum Gasteiger partial charge on any atom is 0.270 e. The normalized spacial score (nSPS) is 14.0. The molecule has 0 spiro atoms. The van der Waals surface area contributed by atoms with E-state index in [4.69, 9.17) is 18.9 Å². The van der Waals surface area contributed by atoms with Crippen molar-refractivity contribution in [1.82, 2.24) is 25.5 Å². The lowest BCUT2D eigenvalue weighted by Crippen LogP contribution is -2.31. The summed E-state index contributed by atoms with van der Waals surface area (Å²) in [7, 11) is 3.65. The first-order valence-corrected chi connectivity index (χ1v) is 14.1. The quantitative estimate of drug-likeness (QED) is 0.255. The number of aromatic nitrogens is 2. The van der Waals surface area contributed by atoms with E-state index in [2.05, 4.69) is 20.2 Å². The van der Waals surface area contributed by atoms with E-state index in [1.807, 2.05) is 35.4 Å². The van der Waals surface area contributed by atoms with Gasteiger partial charge in [-0.2, -0.15) is 5.10 Å². The van der Waals surface area contributed by atoms with Gasteiger partial charge in [0.15, 0.2) is 10.7 Å². The van der Waals surface area contributed by atoms with E-state index in [0.717, 1.165) is 11.1 Å². The molecule has 0 saturated carbocycles. The van der Waals surface area contributed by atoms with Crippen LogP contribution in [0.25, 0.3) is 10.9 Å². The number of likely N-dealkylation sites (N-methyl/N-ethyl adjacent to an activating group) is 1. The summed E-state index contributed by atoms with van der Waals surface area (Å²) in [5, 5.41) is 14.5. The number of ether oxygens (including phenoxy) is 4. The number of amides is 1. The van der Waals surface area contributed by atoms with E-state index in [0.29, 0.717) is 42.9 Å². The molecule has 0 bridgehead atoms. The summed E-state index contributed by atoms with van der Waals surface area (Å²) in [6.45, 7) is 1.96. The van der Waals surface area contributed by atoms with Crippen LogP contribution in [0.15, 0.2) is 59.2 Å². The van der Waals surface area contributed by atoms with Crippen molar-refractivity contribution in [2.75, 3.05) is 59.9 Å². The highest BCUT2D eigenvalue weighted by Crippen LogP contribution is 2.37. The van der Waals surface area contributed by atoms with Crippen LogP contribution in [0, 0.1) is 0 Å². The molecule has 2 aromatic carbocycles. The average molecular weight is 587 g/mol. The number of sulfonamides is 1. The fourth-order valence-electron chi connectivity index (χ4n) is 4.46. The predicted octanol–water partition coefficient (Wildman–Crippen LogP) is 2.25. The van der Waals surface area contributed by atoms with E-state index in [1.165, 1.54) is 39.5 Å². The molecule has 0 saturated heterocycles. The Morgan fingerprint density at radius 3 is 2.46 bits per heavy atom. The zero-order valence-electron chi connectivity index (χ0n) is 23.6. The minimum absolute atomic E-state index is 0.0760. The number of methoxy groups -OCH3 is 4. The lowest BCUT2D eigenvalue weighted by molar-refractivity contribution is -0.116. The zero-order chi connectivity index (χ0) is 29.6. The number of nitrogens with zero attached hydrogens (tertiary/aromatic N) is 3. The van der Waals surface area contributed by atoms with Crippen LogP contribution >= 0.6 is 0 Å². The van der Waals surface area contributed by atoms with Crippen molar-refractivity contribution >= 4 is 32.7 Å². The molecule has 1 aliphatic heterocycles. The Hall–Kier alpha value is -4.27. The number of carbonyl (C=O) groups is 1. The maximum absolute atomic E-state index is 13.4. The molecule has 1 aromatic heterocycles. The van der Waals surface area contributed by atoms with Crippen molar-refractivity contribution in [3.8, 4) is 17.2 Å². The summed E-state index contributed by atoms with van der Waals surface area (Å²) in [5.74, 6) is 0.601. The number of nitrogens with one attached hydrogen (secondary N) is 3. The number of benzene rings is 2. The van der Waals surface area contributed by atoms with Crippen LogP contribution in [-0.4, -0.2) is 89.7 Å². The molecular weight excluding hydrogens is 552 g/mol. The number of hydrazine groups is 1. The molecule has 4 rings (SSSR count). The summed E-state index contributed by atoms with van der Waals surface area (Å²) in [4.78, 5) is 11.8. The van der Waals surface area contributed by atoms with E-state index in [1.54, 1.807) is 19.3 Å². The van der Waals surface area contributed by atoms with Crippen LogP contribution in [0.2, 0.25) is 0 Å². The number of hydrogen-bond acceptors (Lipinski definition) is 10.